The van der Waals surface area contributed by atoms with E-state index in [1.54, 1.807) is 0 Å². The van der Waals surface area contributed by atoms with Crippen LogP contribution < -0.4 is 4.90 Å². The molecule has 4 heterocycles. The third-order valence-corrected chi connectivity index (χ3v) is 5.86. The van der Waals surface area contributed by atoms with E-state index in [2.05, 4.69) is 26.8 Å². The molecule has 30 heavy (non-hydrogen) atoms. The van der Waals surface area contributed by atoms with Crippen LogP contribution in [0.5, 0.6) is 0 Å². The van der Waals surface area contributed by atoms with E-state index in [-0.39, 0.29) is 24.3 Å². The lowest BCUT2D eigenvalue weighted by Crippen LogP contribution is -2.46. The maximum Gasteiger partial charge on any atom is 0.290 e. The van der Waals surface area contributed by atoms with E-state index in [1.165, 1.54) is 11.3 Å². The van der Waals surface area contributed by atoms with E-state index in [1.807, 2.05) is 29.6 Å². The fourth-order valence-electron chi connectivity index (χ4n) is 3.79. The Morgan fingerprint density at radius 3 is 2.67 bits per heavy atom. The number of ether oxygens (including phenoxy) is 1. The van der Waals surface area contributed by atoms with Gasteiger partial charge in [-0.25, -0.2) is 15.0 Å². The average molecular weight is 434 g/mol. The lowest BCUT2D eigenvalue weighted by molar-refractivity contribution is -0.122. The Morgan fingerprint density at radius 1 is 1.30 bits per heavy atom. The SMILES string of the molecule is CCCc1cnc(N2C[C@H]3COC[C@@H]2CN(C(=O)c2csc(C)n2)C3)nc1.O=CO. The van der Waals surface area contributed by atoms with Gasteiger partial charge in [0.2, 0.25) is 5.95 Å². The monoisotopic (exact) mass is 433 g/mol. The maximum atomic E-state index is 12.9. The molecule has 0 saturated carbocycles. The summed E-state index contributed by atoms with van der Waals surface area (Å²) in [5, 5.41) is 9.65. The third-order valence-electron chi connectivity index (χ3n) is 5.08. The van der Waals surface area contributed by atoms with Crippen molar-refractivity contribution in [3.63, 3.8) is 0 Å². The van der Waals surface area contributed by atoms with Crippen LogP contribution in [-0.2, 0) is 16.0 Å². The van der Waals surface area contributed by atoms with Gasteiger partial charge < -0.3 is 19.6 Å². The molecule has 0 unspecified atom stereocenters. The van der Waals surface area contributed by atoms with Gasteiger partial charge in [-0.1, -0.05) is 13.3 Å². The Labute approximate surface area is 179 Å². The normalized spacial score (nSPS) is 20.7. The van der Waals surface area contributed by atoms with Crippen LogP contribution in [-0.4, -0.2) is 76.2 Å². The molecule has 9 nitrogen and oxygen atoms in total. The largest absolute Gasteiger partial charge is 0.483 e. The van der Waals surface area contributed by atoms with E-state index < -0.39 is 0 Å². The number of amides is 1. The Bertz CT molecular complexity index is 844. The van der Waals surface area contributed by atoms with Gasteiger partial charge in [0.15, 0.2) is 0 Å². The number of nitrogens with zero attached hydrogens (tertiary/aromatic N) is 5. The van der Waals surface area contributed by atoms with Crippen LogP contribution in [0.2, 0.25) is 0 Å². The Balaban J connectivity index is 0.000000806. The second-order valence-electron chi connectivity index (χ2n) is 7.42. The minimum atomic E-state index is -0.250. The number of carbonyl (C=O) groups is 2. The predicted octanol–water partition coefficient (Wildman–Crippen LogP) is 1.87. The van der Waals surface area contributed by atoms with Gasteiger partial charge in [-0.2, -0.15) is 0 Å². The van der Waals surface area contributed by atoms with Crippen LogP contribution in [0.25, 0.3) is 0 Å². The van der Waals surface area contributed by atoms with E-state index in [0.717, 1.165) is 35.9 Å². The van der Waals surface area contributed by atoms with Gasteiger partial charge in [0.25, 0.3) is 12.4 Å². The van der Waals surface area contributed by atoms with Crippen molar-refractivity contribution in [2.75, 3.05) is 37.7 Å². The molecule has 1 N–H and O–H groups in total. The number of anilines is 1. The summed E-state index contributed by atoms with van der Waals surface area (Å²) < 4.78 is 5.86. The highest BCUT2D eigenvalue weighted by atomic mass is 32.1. The minimum Gasteiger partial charge on any atom is -0.483 e. The first kappa shape index (κ1) is 22.1. The number of hydrogen-bond donors (Lipinski definition) is 1. The van der Waals surface area contributed by atoms with Gasteiger partial charge in [0.1, 0.15) is 5.69 Å². The summed E-state index contributed by atoms with van der Waals surface area (Å²) in [5.74, 6) is 0.978. The predicted molar refractivity (Wildman–Crippen MR) is 113 cm³/mol. The van der Waals surface area contributed by atoms with Gasteiger partial charge in [-0.3, -0.25) is 9.59 Å². The molecular formula is C20H27N5O4S. The zero-order valence-electron chi connectivity index (χ0n) is 17.2. The molecule has 2 saturated heterocycles. The van der Waals surface area contributed by atoms with Crippen molar-refractivity contribution in [1.82, 2.24) is 19.9 Å². The zero-order chi connectivity index (χ0) is 21.5. The van der Waals surface area contributed by atoms with E-state index in [0.29, 0.717) is 32.0 Å². The summed E-state index contributed by atoms with van der Waals surface area (Å²) in [5.41, 5.74) is 1.70. The van der Waals surface area contributed by atoms with Gasteiger partial charge in [-0.15, -0.1) is 11.3 Å². The smallest absolute Gasteiger partial charge is 0.290 e. The Morgan fingerprint density at radius 2 is 2.03 bits per heavy atom. The van der Waals surface area contributed by atoms with Crippen molar-refractivity contribution in [1.29, 1.82) is 0 Å². The summed E-state index contributed by atoms with van der Waals surface area (Å²) in [6.07, 6.45) is 5.91. The first-order chi connectivity index (χ1) is 14.5. The molecule has 0 radical (unpaired) electrons. The molecule has 10 heteroatoms. The Hall–Kier alpha value is -2.59. The van der Waals surface area contributed by atoms with Gasteiger partial charge in [0, 0.05) is 43.3 Å². The maximum absolute atomic E-state index is 12.9. The lowest BCUT2D eigenvalue weighted by Gasteiger charge is -2.31. The summed E-state index contributed by atoms with van der Waals surface area (Å²) in [7, 11) is 0. The first-order valence-corrected chi connectivity index (χ1v) is 10.9. The van der Waals surface area contributed by atoms with Gasteiger partial charge >= 0.3 is 0 Å². The molecule has 0 spiro atoms. The number of aryl methyl sites for hydroxylation is 2. The summed E-state index contributed by atoms with van der Waals surface area (Å²) in [6.45, 7) is 7.14. The van der Waals surface area contributed by atoms with Crippen molar-refractivity contribution in [2.45, 2.75) is 32.7 Å². The van der Waals surface area contributed by atoms with E-state index in [9.17, 15) is 4.79 Å². The van der Waals surface area contributed by atoms with Crippen LogP contribution >= 0.6 is 11.3 Å². The molecule has 2 fully saturated rings. The molecule has 2 aromatic heterocycles. The van der Waals surface area contributed by atoms with Crippen molar-refractivity contribution < 1.29 is 19.4 Å². The number of carbonyl (C=O) groups excluding carboxylic acids is 1. The average Bonchev–Trinajstić information content (AvgIpc) is 2.95. The number of fused-ring (bicyclic) bond motifs is 3. The molecule has 2 aliphatic heterocycles. The molecule has 0 aliphatic carbocycles. The number of aromatic nitrogens is 3. The molecule has 2 atom stereocenters. The number of carboxylic acid groups (broad SMARTS) is 1. The van der Waals surface area contributed by atoms with Crippen molar-refractivity contribution in [3.8, 4) is 0 Å². The van der Waals surface area contributed by atoms with Crippen LogP contribution in [0.3, 0.4) is 0 Å². The van der Waals surface area contributed by atoms with Crippen molar-refractivity contribution in [3.05, 3.63) is 34.0 Å². The quantitative estimate of drug-likeness (QED) is 0.728. The van der Waals surface area contributed by atoms with Crippen LogP contribution in [0.4, 0.5) is 5.95 Å². The van der Waals surface area contributed by atoms with Crippen molar-refractivity contribution >= 4 is 29.7 Å². The Kier molecular flexibility index (Phi) is 7.69. The topological polar surface area (TPSA) is 109 Å². The fourth-order valence-corrected chi connectivity index (χ4v) is 4.38. The van der Waals surface area contributed by atoms with Gasteiger partial charge in [-0.05, 0) is 18.9 Å². The van der Waals surface area contributed by atoms with Crippen LogP contribution in [0, 0.1) is 12.8 Å². The molecular weight excluding hydrogens is 406 g/mol. The zero-order valence-corrected chi connectivity index (χ0v) is 18.0. The third kappa shape index (κ3) is 5.31. The highest BCUT2D eigenvalue weighted by Crippen LogP contribution is 2.24. The fraction of sp³-hybridized carbons (Fsp3) is 0.550. The molecule has 2 aromatic rings. The molecule has 0 aromatic carbocycles. The molecule has 162 valence electrons. The molecule has 2 bridgehead atoms. The lowest BCUT2D eigenvalue weighted by atomic mass is 10.1. The second kappa shape index (κ2) is 10.4. The number of thiazole rings is 1. The highest BCUT2D eigenvalue weighted by Gasteiger charge is 2.36. The first-order valence-electron chi connectivity index (χ1n) is 10.00. The second-order valence-corrected chi connectivity index (χ2v) is 8.48. The number of rotatable bonds is 4. The summed E-state index contributed by atoms with van der Waals surface area (Å²) in [4.78, 5) is 39.0. The van der Waals surface area contributed by atoms with E-state index in [4.69, 9.17) is 14.6 Å². The summed E-state index contributed by atoms with van der Waals surface area (Å²) in [6, 6.07) is 0.0539. The highest BCUT2D eigenvalue weighted by molar-refractivity contribution is 7.09. The standard InChI is InChI=1S/C19H25N5O2S.CH2O2/c1-3-4-14-5-20-19(21-6-14)24-8-15-7-23(9-16(24)11-26-10-15)18(25)17-12-27-13(2)22-17;2-1-3/h5-6,12,15-16H,3-4,7-11H2,1-2H3;1H,(H,2,3)/t15-,16-;/m0./s1. The summed E-state index contributed by atoms with van der Waals surface area (Å²) >= 11 is 1.51. The van der Waals surface area contributed by atoms with E-state index >= 15 is 0 Å². The molecule has 1 amide bonds. The molecule has 2 aliphatic rings. The number of hydrogen-bond acceptors (Lipinski definition) is 8. The van der Waals surface area contributed by atoms with Crippen molar-refractivity contribution in [2.24, 2.45) is 5.92 Å². The van der Waals surface area contributed by atoms with Crippen LogP contribution in [0.1, 0.15) is 34.4 Å². The molecule has 4 rings (SSSR count). The van der Waals surface area contributed by atoms with Gasteiger partial charge in [0.05, 0.1) is 24.3 Å². The minimum absolute atomic E-state index is 0.0114. The van der Waals surface area contributed by atoms with Crippen LogP contribution in [0.15, 0.2) is 17.8 Å².